The third-order valence-corrected chi connectivity index (χ3v) is 6.33. The highest BCUT2D eigenvalue weighted by Crippen LogP contribution is 2.16. The summed E-state index contributed by atoms with van der Waals surface area (Å²) < 4.78 is 29.7. The van der Waals surface area contributed by atoms with Gasteiger partial charge in [-0.05, 0) is 24.3 Å². The fourth-order valence-corrected chi connectivity index (χ4v) is 4.64. The van der Waals surface area contributed by atoms with Gasteiger partial charge >= 0.3 is 0 Å². The van der Waals surface area contributed by atoms with Gasteiger partial charge in [0, 0.05) is 19.8 Å². The Labute approximate surface area is 153 Å². The average Bonchev–Trinajstić information content (AvgIpc) is 2.95. The molecule has 0 saturated heterocycles. The van der Waals surface area contributed by atoms with Crippen molar-refractivity contribution in [1.29, 1.82) is 0 Å². The van der Waals surface area contributed by atoms with E-state index in [1.54, 1.807) is 11.1 Å². The van der Waals surface area contributed by atoms with E-state index in [0.29, 0.717) is 16.2 Å². The van der Waals surface area contributed by atoms with Crippen LogP contribution in [0.15, 0.2) is 57.7 Å². The third kappa shape index (κ3) is 3.08. The van der Waals surface area contributed by atoms with Crippen molar-refractivity contribution in [2.24, 2.45) is 16.5 Å². The number of aryl methyl sites for hydroxylation is 1. The van der Waals surface area contributed by atoms with E-state index < -0.39 is 10.0 Å². The maximum atomic E-state index is 12.4. The number of amidine groups is 1. The van der Waals surface area contributed by atoms with Crippen LogP contribution in [-0.2, 0) is 21.9 Å². The van der Waals surface area contributed by atoms with E-state index in [9.17, 15) is 13.2 Å². The maximum Gasteiger partial charge on any atom is 0.272 e. The summed E-state index contributed by atoms with van der Waals surface area (Å²) in [5.74, 6) is -0.121. The minimum atomic E-state index is -3.41. The van der Waals surface area contributed by atoms with E-state index in [1.807, 2.05) is 35.9 Å². The van der Waals surface area contributed by atoms with Gasteiger partial charge in [0.05, 0.1) is 21.5 Å². The summed E-state index contributed by atoms with van der Waals surface area (Å²) >= 11 is 1.48. The molecule has 0 saturated carbocycles. The first-order valence-corrected chi connectivity index (χ1v) is 10.2. The Morgan fingerprint density at radius 1 is 1.31 bits per heavy atom. The molecule has 0 aliphatic carbocycles. The molecule has 2 aromatic rings. The zero-order valence-electron chi connectivity index (χ0n) is 13.8. The number of nitrogens with one attached hydrogen (secondary N) is 1. The van der Waals surface area contributed by atoms with Crippen LogP contribution in [0.3, 0.4) is 0 Å². The number of hydrogen-bond donors (Lipinski definition) is 1. The van der Waals surface area contributed by atoms with Crippen molar-refractivity contribution in [3.05, 3.63) is 53.0 Å². The van der Waals surface area contributed by atoms with E-state index in [-0.39, 0.29) is 18.2 Å². The van der Waals surface area contributed by atoms with Crippen LogP contribution in [0.2, 0.25) is 0 Å². The Balaban J connectivity index is 1.57. The summed E-state index contributed by atoms with van der Waals surface area (Å²) in [5, 5.41) is 4.21. The minimum absolute atomic E-state index is 0.0717. The fourth-order valence-electron chi connectivity index (χ4n) is 2.69. The summed E-state index contributed by atoms with van der Waals surface area (Å²) in [5.41, 5.74) is 3.98. The van der Waals surface area contributed by atoms with E-state index in [4.69, 9.17) is 0 Å². The predicted molar refractivity (Wildman–Crippen MR) is 99.7 cm³/mol. The molecule has 26 heavy (non-hydrogen) atoms. The zero-order valence-corrected chi connectivity index (χ0v) is 15.4. The summed E-state index contributed by atoms with van der Waals surface area (Å²) in [6, 6.07) is 7.90. The van der Waals surface area contributed by atoms with Gasteiger partial charge < -0.3 is 9.47 Å². The maximum absolute atomic E-state index is 12.4. The van der Waals surface area contributed by atoms with E-state index >= 15 is 0 Å². The molecule has 10 heteroatoms. The number of fused-ring (bicyclic) bond motifs is 2. The molecule has 134 valence electrons. The molecule has 0 fully saturated rings. The molecule has 0 bridgehead atoms. The van der Waals surface area contributed by atoms with Gasteiger partial charge in [-0.2, -0.15) is 0 Å². The van der Waals surface area contributed by atoms with Gasteiger partial charge in [-0.1, -0.05) is 23.5 Å². The van der Waals surface area contributed by atoms with E-state index in [0.717, 1.165) is 10.2 Å². The second kappa shape index (κ2) is 6.22. The van der Waals surface area contributed by atoms with Crippen LogP contribution in [-0.4, -0.2) is 41.9 Å². The van der Waals surface area contributed by atoms with Gasteiger partial charge in [-0.25, -0.2) is 13.8 Å². The average molecular weight is 389 g/mol. The SMILES string of the molecule is Cn1/c(=N/NC(=O)C2=CN3CCS(=O)(=O)N=C3C=C2)sc2ccccc21. The molecule has 3 heterocycles. The van der Waals surface area contributed by atoms with Gasteiger partial charge in [-0.15, -0.1) is 9.50 Å². The molecule has 0 radical (unpaired) electrons. The van der Waals surface area contributed by atoms with Gasteiger partial charge in [0.25, 0.3) is 15.9 Å². The van der Waals surface area contributed by atoms with Crippen molar-refractivity contribution in [2.75, 3.05) is 12.3 Å². The number of para-hydroxylation sites is 1. The highest BCUT2D eigenvalue weighted by molar-refractivity contribution is 7.90. The lowest BCUT2D eigenvalue weighted by atomic mass is 10.2. The van der Waals surface area contributed by atoms with E-state index in [2.05, 4.69) is 14.9 Å². The molecule has 1 aromatic heterocycles. The summed E-state index contributed by atoms with van der Waals surface area (Å²) in [4.78, 5) is 14.7. The van der Waals surface area contributed by atoms with Crippen molar-refractivity contribution < 1.29 is 13.2 Å². The molecule has 8 nitrogen and oxygen atoms in total. The number of carbonyl (C=O) groups is 1. The van der Waals surface area contributed by atoms with Crippen molar-refractivity contribution >= 4 is 43.3 Å². The van der Waals surface area contributed by atoms with Crippen LogP contribution in [0.4, 0.5) is 0 Å². The molecule has 0 unspecified atom stereocenters. The van der Waals surface area contributed by atoms with Gasteiger partial charge in [0.15, 0.2) is 0 Å². The monoisotopic (exact) mass is 389 g/mol. The molecule has 1 amide bonds. The highest BCUT2D eigenvalue weighted by atomic mass is 32.2. The first kappa shape index (κ1) is 16.7. The standard InChI is InChI=1S/C16H15N5O3S2/c1-20-12-4-2-3-5-13(12)25-16(20)18-17-15(22)11-6-7-14-19-26(23,24)9-8-21(14)10-11/h2-7,10H,8-9H2,1H3,(H,17,22)/b18-16-. The van der Waals surface area contributed by atoms with Crippen LogP contribution < -0.4 is 10.2 Å². The lowest BCUT2D eigenvalue weighted by molar-refractivity contribution is -0.117. The lowest BCUT2D eigenvalue weighted by Crippen LogP contribution is -2.37. The second-order valence-corrected chi connectivity index (χ2v) is 8.57. The molecule has 0 atom stereocenters. The molecule has 2 aliphatic rings. The fraction of sp³-hybridized carbons (Fsp3) is 0.188. The van der Waals surface area contributed by atoms with Gasteiger partial charge in [0.2, 0.25) is 4.80 Å². The van der Waals surface area contributed by atoms with Crippen LogP contribution >= 0.6 is 11.3 Å². The number of hydrogen-bond acceptors (Lipinski definition) is 6. The number of aromatic nitrogens is 1. The van der Waals surface area contributed by atoms with Crippen molar-refractivity contribution in [3.63, 3.8) is 0 Å². The number of sulfonamides is 1. The predicted octanol–water partition coefficient (Wildman–Crippen LogP) is 0.669. The van der Waals surface area contributed by atoms with Crippen molar-refractivity contribution in [1.82, 2.24) is 14.9 Å². The van der Waals surface area contributed by atoms with Crippen molar-refractivity contribution in [2.45, 2.75) is 0 Å². The minimum Gasteiger partial charge on any atom is -0.330 e. The number of rotatable bonds is 2. The molecular formula is C16H15N5O3S2. The molecule has 4 rings (SSSR count). The second-order valence-electron chi connectivity index (χ2n) is 5.81. The molecule has 0 spiro atoms. The summed E-state index contributed by atoms with van der Waals surface area (Å²) in [6.45, 7) is 0.269. The largest absolute Gasteiger partial charge is 0.330 e. The molecular weight excluding hydrogens is 374 g/mol. The van der Waals surface area contributed by atoms with Gasteiger partial charge in [0.1, 0.15) is 5.84 Å². The number of thiazole rings is 1. The number of carbonyl (C=O) groups excluding carboxylic acids is 1. The number of benzene rings is 1. The highest BCUT2D eigenvalue weighted by Gasteiger charge is 2.24. The van der Waals surface area contributed by atoms with Crippen LogP contribution in [0.25, 0.3) is 10.2 Å². The lowest BCUT2D eigenvalue weighted by Gasteiger charge is -2.26. The Bertz CT molecular complexity index is 1170. The topological polar surface area (TPSA) is 96.1 Å². The Kier molecular flexibility index (Phi) is 4.00. The number of nitrogens with zero attached hydrogens (tertiary/aromatic N) is 4. The summed E-state index contributed by atoms with van der Waals surface area (Å²) in [6.07, 6.45) is 4.64. The Morgan fingerprint density at radius 3 is 2.92 bits per heavy atom. The zero-order chi connectivity index (χ0) is 18.3. The Morgan fingerprint density at radius 2 is 2.12 bits per heavy atom. The van der Waals surface area contributed by atoms with Gasteiger partial charge in [-0.3, -0.25) is 4.79 Å². The van der Waals surface area contributed by atoms with Crippen LogP contribution in [0.1, 0.15) is 0 Å². The Hall–Kier alpha value is -2.72. The van der Waals surface area contributed by atoms with Crippen molar-refractivity contribution in [3.8, 4) is 0 Å². The van der Waals surface area contributed by atoms with E-state index in [1.165, 1.54) is 23.5 Å². The molecule has 2 aliphatic heterocycles. The molecule has 1 N–H and O–H groups in total. The van der Waals surface area contributed by atoms with Crippen LogP contribution in [0, 0.1) is 0 Å². The first-order valence-electron chi connectivity index (χ1n) is 7.81. The smallest absolute Gasteiger partial charge is 0.272 e. The normalized spacial score (nSPS) is 19.1. The molecule has 1 aromatic carbocycles. The summed E-state index contributed by atoms with van der Waals surface area (Å²) in [7, 11) is -1.52. The van der Waals surface area contributed by atoms with Crippen LogP contribution in [0.5, 0.6) is 0 Å². The third-order valence-electron chi connectivity index (χ3n) is 4.05. The number of amides is 1. The first-order chi connectivity index (χ1) is 12.4. The quantitative estimate of drug-likeness (QED) is 0.764.